The standard InChI is InChI=1S/C26H25ClF4N4O3/c1-2-3-10-38-26(37)34-8-6-33(7-9-34)25(36)22-14-32-24(17-4-5-19(28)18(27)13-17)35(22)15-16-11-20(29)23(31)21(30)12-16/h4-5,11-14H,2-3,6-10,15H2,1H3. The zero-order valence-corrected chi connectivity index (χ0v) is 21.3. The maximum Gasteiger partial charge on any atom is 0.409 e. The summed E-state index contributed by atoms with van der Waals surface area (Å²) in [6.07, 6.45) is 2.52. The highest BCUT2D eigenvalue weighted by molar-refractivity contribution is 6.31. The summed E-state index contributed by atoms with van der Waals surface area (Å²) in [5, 5.41) is -0.175. The van der Waals surface area contributed by atoms with Crippen LogP contribution < -0.4 is 0 Å². The molecular formula is C26H25ClF4N4O3. The van der Waals surface area contributed by atoms with Crippen LogP contribution in [0.5, 0.6) is 0 Å². The van der Waals surface area contributed by atoms with Gasteiger partial charge in [-0.2, -0.15) is 0 Å². The van der Waals surface area contributed by atoms with Crippen molar-refractivity contribution < 1.29 is 31.9 Å². The van der Waals surface area contributed by atoms with Crippen LogP contribution in [0.1, 0.15) is 35.8 Å². The van der Waals surface area contributed by atoms with Crippen molar-refractivity contribution in [1.29, 1.82) is 0 Å². The van der Waals surface area contributed by atoms with E-state index in [1.54, 1.807) is 0 Å². The molecule has 2 amide bonds. The van der Waals surface area contributed by atoms with E-state index >= 15 is 0 Å². The number of halogens is 5. The average Bonchev–Trinajstić information content (AvgIpc) is 3.31. The van der Waals surface area contributed by atoms with Gasteiger partial charge in [0.15, 0.2) is 17.5 Å². The smallest absolute Gasteiger partial charge is 0.409 e. The molecule has 1 aromatic heterocycles. The molecule has 202 valence electrons. The Morgan fingerprint density at radius 1 is 0.974 bits per heavy atom. The van der Waals surface area contributed by atoms with E-state index in [1.165, 1.54) is 32.7 Å². The van der Waals surface area contributed by atoms with E-state index in [2.05, 4.69) is 4.98 Å². The molecule has 1 aliphatic heterocycles. The molecule has 0 spiro atoms. The number of hydrogen-bond acceptors (Lipinski definition) is 4. The number of unbranched alkanes of at least 4 members (excludes halogenated alkanes) is 1. The third-order valence-electron chi connectivity index (χ3n) is 6.19. The number of carbonyl (C=O) groups is 2. The SMILES string of the molecule is CCCCOC(=O)N1CCN(C(=O)c2cnc(-c3ccc(F)c(Cl)c3)n2Cc2cc(F)c(F)c(F)c2)CC1. The highest BCUT2D eigenvalue weighted by atomic mass is 35.5. The van der Waals surface area contributed by atoms with Gasteiger partial charge >= 0.3 is 6.09 Å². The van der Waals surface area contributed by atoms with Gasteiger partial charge in [0.25, 0.3) is 5.91 Å². The average molecular weight is 553 g/mol. The van der Waals surface area contributed by atoms with Gasteiger partial charge < -0.3 is 19.1 Å². The molecular weight excluding hydrogens is 528 g/mol. The van der Waals surface area contributed by atoms with E-state index < -0.39 is 35.3 Å². The summed E-state index contributed by atoms with van der Waals surface area (Å²) in [7, 11) is 0. The molecule has 38 heavy (non-hydrogen) atoms. The molecule has 1 fully saturated rings. The Morgan fingerprint density at radius 3 is 2.26 bits per heavy atom. The molecule has 0 radical (unpaired) electrons. The maximum atomic E-state index is 13.9. The third-order valence-corrected chi connectivity index (χ3v) is 6.47. The molecule has 12 heteroatoms. The monoisotopic (exact) mass is 552 g/mol. The molecule has 0 saturated carbocycles. The predicted octanol–water partition coefficient (Wildman–Crippen LogP) is 5.50. The minimum Gasteiger partial charge on any atom is -0.449 e. The van der Waals surface area contributed by atoms with Crippen molar-refractivity contribution in [3.05, 3.63) is 76.1 Å². The van der Waals surface area contributed by atoms with Crippen molar-refractivity contribution >= 4 is 23.6 Å². The van der Waals surface area contributed by atoms with E-state index in [4.69, 9.17) is 16.3 Å². The zero-order valence-electron chi connectivity index (χ0n) is 20.5. The lowest BCUT2D eigenvalue weighted by atomic mass is 10.1. The van der Waals surface area contributed by atoms with Gasteiger partial charge in [-0.25, -0.2) is 27.3 Å². The summed E-state index contributed by atoms with van der Waals surface area (Å²) >= 11 is 5.94. The van der Waals surface area contributed by atoms with E-state index in [-0.39, 0.29) is 54.8 Å². The number of ether oxygens (including phenoxy) is 1. The maximum absolute atomic E-state index is 13.9. The number of hydrogen-bond donors (Lipinski definition) is 0. The molecule has 1 saturated heterocycles. The number of imidazole rings is 1. The zero-order chi connectivity index (χ0) is 27.4. The number of nitrogens with zero attached hydrogens (tertiary/aromatic N) is 4. The van der Waals surface area contributed by atoms with Gasteiger partial charge in [0.05, 0.1) is 24.4 Å². The number of carbonyl (C=O) groups excluding carboxylic acids is 2. The van der Waals surface area contributed by atoms with E-state index in [1.807, 2.05) is 6.92 Å². The first kappa shape index (κ1) is 27.4. The second-order valence-corrected chi connectivity index (χ2v) is 9.21. The highest BCUT2D eigenvalue weighted by Gasteiger charge is 2.29. The number of amides is 2. The van der Waals surface area contributed by atoms with Crippen LogP contribution in [-0.4, -0.2) is 64.1 Å². The molecule has 0 aliphatic carbocycles. The molecule has 0 unspecified atom stereocenters. The molecule has 3 aromatic rings. The summed E-state index contributed by atoms with van der Waals surface area (Å²) < 4.78 is 61.8. The first-order valence-corrected chi connectivity index (χ1v) is 12.4. The van der Waals surface area contributed by atoms with Crippen LogP contribution in [0.4, 0.5) is 22.4 Å². The quantitative estimate of drug-likeness (QED) is 0.220. The molecule has 2 aromatic carbocycles. The Hall–Kier alpha value is -3.60. The summed E-state index contributed by atoms with van der Waals surface area (Å²) in [6, 6.07) is 5.52. The minimum atomic E-state index is -1.60. The van der Waals surface area contributed by atoms with Crippen molar-refractivity contribution in [2.24, 2.45) is 0 Å². The summed E-state index contributed by atoms with van der Waals surface area (Å²) in [4.78, 5) is 33.1. The summed E-state index contributed by atoms with van der Waals surface area (Å²) in [6.45, 7) is 3.06. The van der Waals surface area contributed by atoms with Crippen molar-refractivity contribution in [1.82, 2.24) is 19.4 Å². The second-order valence-electron chi connectivity index (χ2n) is 8.80. The lowest BCUT2D eigenvalue weighted by Gasteiger charge is -2.34. The van der Waals surface area contributed by atoms with Crippen molar-refractivity contribution in [3.8, 4) is 11.4 Å². The fourth-order valence-electron chi connectivity index (χ4n) is 4.10. The molecule has 0 N–H and O–H groups in total. The first-order chi connectivity index (χ1) is 18.2. The van der Waals surface area contributed by atoms with Crippen LogP contribution in [-0.2, 0) is 11.3 Å². The van der Waals surface area contributed by atoms with Crippen molar-refractivity contribution in [2.45, 2.75) is 26.3 Å². The van der Waals surface area contributed by atoms with Gasteiger partial charge in [0, 0.05) is 31.7 Å². The van der Waals surface area contributed by atoms with Gasteiger partial charge in [0.1, 0.15) is 17.3 Å². The number of rotatable bonds is 7. The molecule has 4 rings (SSSR count). The Bertz CT molecular complexity index is 1320. The van der Waals surface area contributed by atoms with E-state index in [0.717, 1.165) is 31.0 Å². The van der Waals surface area contributed by atoms with Crippen LogP contribution >= 0.6 is 11.6 Å². The third kappa shape index (κ3) is 5.93. The summed E-state index contributed by atoms with van der Waals surface area (Å²) in [5.41, 5.74) is 0.491. The van der Waals surface area contributed by atoms with Gasteiger partial charge in [0.2, 0.25) is 0 Å². The number of benzene rings is 2. The van der Waals surface area contributed by atoms with Crippen molar-refractivity contribution in [3.63, 3.8) is 0 Å². The van der Waals surface area contributed by atoms with Gasteiger partial charge in [-0.05, 0) is 42.3 Å². The molecule has 1 aliphatic rings. The molecule has 0 bridgehead atoms. The van der Waals surface area contributed by atoms with Crippen molar-refractivity contribution in [2.75, 3.05) is 32.8 Å². The summed E-state index contributed by atoms with van der Waals surface area (Å²) in [5.74, 6) is -5.24. The minimum absolute atomic E-state index is 0.0440. The normalized spacial score (nSPS) is 13.6. The molecule has 7 nitrogen and oxygen atoms in total. The van der Waals surface area contributed by atoms with Gasteiger partial charge in [-0.15, -0.1) is 0 Å². The number of aromatic nitrogens is 2. The lowest BCUT2D eigenvalue weighted by molar-refractivity contribution is 0.0550. The highest BCUT2D eigenvalue weighted by Crippen LogP contribution is 2.27. The largest absolute Gasteiger partial charge is 0.449 e. The topological polar surface area (TPSA) is 67.7 Å². The van der Waals surface area contributed by atoms with Crippen LogP contribution in [0.15, 0.2) is 36.5 Å². The predicted molar refractivity (Wildman–Crippen MR) is 132 cm³/mol. The van der Waals surface area contributed by atoms with E-state index in [9.17, 15) is 27.2 Å². The fraction of sp³-hybridized carbons (Fsp3) is 0.346. The van der Waals surface area contributed by atoms with Gasteiger partial charge in [-0.3, -0.25) is 4.79 Å². The van der Waals surface area contributed by atoms with Crippen LogP contribution in [0.25, 0.3) is 11.4 Å². The lowest BCUT2D eigenvalue weighted by Crippen LogP contribution is -2.51. The Balaban J connectivity index is 1.60. The second kappa shape index (κ2) is 11.8. The van der Waals surface area contributed by atoms with Crippen LogP contribution in [0.3, 0.4) is 0 Å². The van der Waals surface area contributed by atoms with Crippen LogP contribution in [0, 0.1) is 23.3 Å². The number of piperazine rings is 1. The van der Waals surface area contributed by atoms with Gasteiger partial charge in [-0.1, -0.05) is 24.9 Å². The van der Waals surface area contributed by atoms with E-state index in [0.29, 0.717) is 12.2 Å². The molecule has 2 heterocycles. The Labute approximate surface area is 221 Å². The van der Waals surface area contributed by atoms with Crippen LogP contribution in [0.2, 0.25) is 5.02 Å². The fourth-order valence-corrected chi connectivity index (χ4v) is 4.28. The first-order valence-electron chi connectivity index (χ1n) is 12.0. The Kier molecular flexibility index (Phi) is 8.55. The Morgan fingerprint density at radius 2 is 1.63 bits per heavy atom. The molecule has 0 atom stereocenters.